The van der Waals surface area contributed by atoms with Crippen molar-refractivity contribution in [3.05, 3.63) is 64.1 Å². The van der Waals surface area contributed by atoms with Gasteiger partial charge < -0.3 is 9.47 Å². The highest BCUT2D eigenvalue weighted by Gasteiger charge is 1.99. The Morgan fingerprint density at radius 2 is 1.75 bits per heavy atom. The topological polar surface area (TPSA) is 42.2 Å². The first-order chi connectivity index (χ1) is 9.79. The van der Waals surface area contributed by atoms with E-state index in [-0.39, 0.29) is 0 Å². The van der Waals surface area contributed by atoms with Gasteiger partial charge in [-0.25, -0.2) is 0 Å². The average molecular weight is 332 g/mol. The van der Waals surface area contributed by atoms with E-state index in [1.54, 1.807) is 24.3 Å². The van der Waals surface area contributed by atoms with Gasteiger partial charge in [-0.3, -0.25) is 0 Å². The Labute approximate surface area is 126 Å². The van der Waals surface area contributed by atoms with Crippen LogP contribution in [0.1, 0.15) is 11.1 Å². The molecule has 0 fully saturated rings. The Hall–Kier alpha value is -1.83. The molecule has 0 atom stereocenters. The van der Waals surface area contributed by atoms with E-state index in [1.165, 1.54) is 0 Å². The maximum Gasteiger partial charge on any atom is 0.119 e. The third-order valence-corrected chi connectivity index (χ3v) is 3.47. The van der Waals surface area contributed by atoms with Crippen LogP contribution in [0.4, 0.5) is 0 Å². The predicted octanol–water partition coefficient (Wildman–Crippen LogP) is 3.92. The molecule has 0 aliphatic rings. The molecule has 2 aromatic rings. The molecule has 0 unspecified atom stereocenters. The molecule has 0 spiro atoms. The van der Waals surface area contributed by atoms with E-state index in [4.69, 9.17) is 14.7 Å². The fourth-order valence-electron chi connectivity index (χ4n) is 1.64. The number of ether oxygens (including phenoxy) is 2. The zero-order valence-electron chi connectivity index (χ0n) is 10.9. The van der Waals surface area contributed by atoms with Gasteiger partial charge in [0.1, 0.15) is 12.4 Å². The molecule has 0 heterocycles. The maximum atomic E-state index is 8.69. The van der Waals surface area contributed by atoms with Gasteiger partial charge in [-0.05, 0) is 35.9 Å². The van der Waals surface area contributed by atoms with Gasteiger partial charge in [0.05, 0.1) is 24.8 Å². The summed E-state index contributed by atoms with van der Waals surface area (Å²) in [5.41, 5.74) is 1.74. The van der Waals surface area contributed by atoms with E-state index >= 15 is 0 Å². The molecule has 102 valence electrons. The number of hydrogen-bond acceptors (Lipinski definition) is 3. The Morgan fingerprint density at radius 3 is 2.45 bits per heavy atom. The van der Waals surface area contributed by atoms with Gasteiger partial charge >= 0.3 is 0 Å². The molecule has 0 radical (unpaired) electrons. The van der Waals surface area contributed by atoms with Gasteiger partial charge in [-0.15, -0.1) is 0 Å². The standard InChI is InChI=1S/C16H14BrNO2/c17-16-4-2-1-3-14(16)12-19-9-10-20-15-7-5-13(11-18)6-8-15/h1-8H,9-10,12H2. The summed E-state index contributed by atoms with van der Waals surface area (Å²) < 4.78 is 12.1. The third-order valence-electron chi connectivity index (χ3n) is 2.70. The first-order valence-electron chi connectivity index (χ1n) is 6.24. The largest absolute Gasteiger partial charge is 0.491 e. The molecule has 20 heavy (non-hydrogen) atoms. The van der Waals surface area contributed by atoms with Crippen molar-refractivity contribution in [2.75, 3.05) is 13.2 Å². The summed E-state index contributed by atoms with van der Waals surface area (Å²) in [5, 5.41) is 8.69. The molecule has 0 aliphatic heterocycles. The van der Waals surface area contributed by atoms with Crippen LogP contribution in [0, 0.1) is 11.3 Å². The molecule has 0 N–H and O–H groups in total. The Morgan fingerprint density at radius 1 is 1.00 bits per heavy atom. The highest BCUT2D eigenvalue weighted by molar-refractivity contribution is 9.10. The van der Waals surface area contributed by atoms with Crippen molar-refractivity contribution in [3.63, 3.8) is 0 Å². The van der Waals surface area contributed by atoms with Crippen molar-refractivity contribution in [1.29, 1.82) is 5.26 Å². The molecule has 0 saturated heterocycles. The molecule has 3 nitrogen and oxygen atoms in total. The van der Waals surface area contributed by atoms with Crippen LogP contribution in [0.3, 0.4) is 0 Å². The molecule has 2 rings (SSSR count). The average Bonchev–Trinajstić information content (AvgIpc) is 2.49. The van der Waals surface area contributed by atoms with E-state index < -0.39 is 0 Å². The summed E-state index contributed by atoms with van der Waals surface area (Å²) in [6.45, 7) is 1.55. The fraction of sp³-hybridized carbons (Fsp3) is 0.188. The molecule has 0 aliphatic carbocycles. The normalized spacial score (nSPS) is 10.0. The quantitative estimate of drug-likeness (QED) is 0.753. The smallest absolute Gasteiger partial charge is 0.119 e. The number of nitriles is 1. The number of benzene rings is 2. The Kier molecular flexibility index (Phi) is 5.60. The van der Waals surface area contributed by atoms with Crippen molar-refractivity contribution >= 4 is 15.9 Å². The summed E-state index contributed by atoms with van der Waals surface area (Å²) in [4.78, 5) is 0. The molecular formula is C16H14BrNO2. The predicted molar refractivity (Wildman–Crippen MR) is 80.5 cm³/mol. The second-order valence-corrected chi connectivity index (χ2v) is 4.98. The maximum absolute atomic E-state index is 8.69. The molecule has 0 saturated carbocycles. The molecule has 2 aromatic carbocycles. The number of rotatable bonds is 6. The molecule has 0 amide bonds. The lowest BCUT2D eigenvalue weighted by atomic mass is 10.2. The van der Waals surface area contributed by atoms with Crippen LogP contribution < -0.4 is 4.74 Å². The van der Waals surface area contributed by atoms with Crippen molar-refractivity contribution in [2.24, 2.45) is 0 Å². The number of nitrogens with zero attached hydrogens (tertiary/aromatic N) is 1. The molecule has 0 aromatic heterocycles. The van der Waals surface area contributed by atoms with E-state index in [2.05, 4.69) is 22.0 Å². The summed E-state index contributed by atoms with van der Waals surface area (Å²) in [6.07, 6.45) is 0. The molecular weight excluding hydrogens is 318 g/mol. The van der Waals surface area contributed by atoms with Crippen LogP contribution in [0.2, 0.25) is 0 Å². The second kappa shape index (κ2) is 7.68. The van der Waals surface area contributed by atoms with Crippen molar-refractivity contribution in [1.82, 2.24) is 0 Å². The van der Waals surface area contributed by atoms with Gasteiger partial charge in [0.2, 0.25) is 0 Å². The first kappa shape index (κ1) is 14.6. The molecule has 0 bridgehead atoms. The van der Waals surface area contributed by atoms with E-state index in [0.29, 0.717) is 25.4 Å². The van der Waals surface area contributed by atoms with Crippen molar-refractivity contribution < 1.29 is 9.47 Å². The first-order valence-corrected chi connectivity index (χ1v) is 7.03. The van der Waals surface area contributed by atoms with Gasteiger partial charge in [0.25, 0.3) is 0 Å². The van der Waals surface area contributed by atoms with Crippen LogP contribution in [0.15, 0.2) is 53.0 Å². The Bertz CT molecular complexity index is 590. The van der Waals surface area contributed by atoms with Crippen LogP contribution in [-0.4, -0.2) is 13.2 Å². The number of hydrogen-bond donors (Lipinski definition) is 0. The van der Waals surface area contributed by atoms with Crippen molar-refractivity contribution in [2.45, 2.75) is 6.61 Å². The van der Waals surface area contributed by atoms with E-state index in [0.717, 1.165) is 15.8 Å². The molecule has 4 heteroatoms. The lowest BCUT2D eigenvalue weighted by Gasteiger charge is -2.08. The zero-order chi connectivity index (χ0) is 14.2. The fourth-order valence-corrected chi connectivity index (χ4v) is 2.04. The highest BCUT2D eigenvalue weighted by Crippen LogP contribution is 2.16. The SMILES string of the molecule is N#Cc1ccc(OCCOCc2ccccc2Br)cc1. The summed E-state index contributed by atoms with van der Waals surface area (Å²) >= 11 is 3.48. The van der Waals surface area contributed by atoms with Crippen LogP contribution in [0.25, 0.3) is 0 Å². The highest BCUT2D eigenvalue weighted by atomic mass is 79.9. The minimum atomic E-state index is 0.482. The monoisotopic (exact) mass is 331 g/mol. The minimum Gasteiger partial charge on any atom is -0.491 e. The summed E-state index contributed by atoms with van der Waals surface area (Å²) in [7, 11) is 0. The van der Waals surface area contributed by atoms with Gasteiger partial charge in [-0.2, -0.15) is 5.26 Å². The van der Waals surface area contributed by atoms with Crippen LogP contribution >= 0.6 is 15.9 Å². The third kappa shape index (κ3) is 4.37. The van der Waals surface area contributed by atoms with Crippen molar-refractivity contribution in [3.8, 4) is 11.8 Å². The summed E-state index contributed by atoms with van der Waals surface area (Å²) in [5.74, 6) is 0.744. The van der Waals surface area contributed by atoms with Gasteiger partial charge in [0, 0.05) is 4.47 Å². The van der Waals surface area contributed by atoms with E-state index in [9.17, 15) is 0 Å². The zero-order valence-corrected chi connectivity index (χ0v) is 12.5. The van der Waals surface area contributed by atoms with Gasteiger partial charge in [0.15, 0.2) is 0 Å². The van der Waals surface area contributed by atoms with Crippen LogP contribution in [0.5, 0.6) is 5.75 Å². The van der Waals surface area contributed by atoms with Gasteiger partial charge in [-0.1, -0.05) is 34.1 Å². The van der Waals surface area contributed by atoms with Crippen LogP contribution in [-0.2, 0) is 11.3 Å². The minimum absolute atomic E-state index is 0.482. The second-order valence-electron chi connectivity index (χ2n) is 4.13. The number of halogens is 1. The van der Waals surface area contributed by atoms with E-state index in [1.807, 2.05) is 24.3 Å². The lowest BCUT2D eigenvalue weighted by Crippen LogP contribution is -2.06. The lowest BCUT2D eigenvalue weighted by molar-refractivity contribution is 0.0886. The summed E-state index contributed by atoms with van der Waals surface area (Å²) in [6, 6.07) is 17.1. The Balaban J connectivity index is 1.69.